The van der Waals surface area contributed by atoms with E-state index in [1.165, 1.54) is 10.4 Å². The van der Waals surface area contributed by atoms with Crippen molar-refractivity contribution >= 4 is 17.2 Å². The predicted octanol–water partition coefficient (Wildman–Crippen LogP) is 3.07. The third-order valence-corrected chi connectivity index (χ3v) is 5.57. The van der Waals surface area contributed by atoms with Gasteiger partial charge in [0.15, 0.2) is 0 Å². The zero-order chi connectivity index (χ0) is 16.9. The largest absolute Gasteiger partial charge is 0.380 e. The summed E-state index contributed by atoms with van der Waals surface area (Å²) in [6.45, 7) is 5.47. The van der Waals surface area contributed by atoms with E-state index < -0.39 is 0 Å². The number of nitrogens with one attached hydrogen (secondary N) is 1. The third-order valence-electron chi connectivity index (χ3n) is 4.55. The molecule has 0 spiro atoms. The Morgan fingerprint density at radius 1 is 1.33 bits per heavy atom. The van der Waals surface area contributed by atoms with E-state index in [1.807, 2.05) is 35.6 Å². The molecule has 0 saturated heterocycles. The Morgan fingerprint density at radius 2 is 2.12 bits per heavy atom. The summed E-state index contributed by atoms with van der Waals surface area (Å²) in [5, 5.41) is 5.23. The molecule has 0 fully saturated rings. The molecule has 1 amide bonds. The van der Waals surface area contributed by atoms with Gasteiger partial charge < -0.3 is 10.1 Å². The monoisotopic (exact) mass is 344 g/mol. The topological polar surface area (TPSA) is 41.6 Å². The summed E-state index contributed by atoms with van der Waals surface area (Å²) in [4.78, 5) is 16.3. The second-order valence-corrected chi connectivity index (χ2v) is 7.28. The number of thiophene rings is 1. The number of methoxy groups -OCH3 is 1. The normalized spacial score (nSPS) is 15.8. The van der Waals surface area contributed by atoms with Gasteiger partial charge in [0.1, 0.15) is 0 Å². The maximum atomic E-state index is 12.3. The van der Waals surface area contributed by atoms with Crippen molar-refractivity contribution in [1.82, 2.24) is 10.2 Å². The third kappa shape index (κ3) is 4.04. The highest BCUT2D eigenvalue weighted by Gasteiger charge is 2.21. The van der Waals surface area contributed by atoms with E-state index in [2.05, 4.69) is 28.6 Å². The first-order valence-electron chi connectivity index (χ1n) is 8.32. The van der Waals surface area contributed by atoms with E-state index in [4.69, 9.17) is 4.74 Å². The molecule has 1 aliphatic heterocycles. The molecule has 2 aromatic rings. The molecule has 1 aliphatic rings. The fraction of sp³-hybridized carbons (Fsp3) is 0.421. The van der Waals surface area contributed by atoms with Gasteiger partial charge in [0.25, 0.3) is 5.91 Å². The highest BCUT2D eigenvalue weighted by molar-refractivity contribution is 7.10. The minimum Gasteiger partial charge on any atom is -0.380 e. The molecule has 2 heterocycles. The van der Waals surface area contributed by atoms with Crippen molar-refractivity contribution in [3.05, 3.63) is 57.3 Å². The first-order valence-corrected chi connectivity index (χ1v) is 9.20. The number of ether oxygens (including phenoxy) is 1. The lowest BCUT2D eigenvalue weighted by atomic mass is 10.1. The zero-order valence-electron chi connectivity index (χ0n) is 14.2. The first kappa shape index (κ1) is 17.1. The second kappa shape index (κ2) is 7.92. The van der Waals surface area contributed by atoms with Crippen LogP contribution in [0.25, 0.3) is 0 Å². The van der Waals surface area contributed by atoms with Crippen LogP contribution in [0.4, 0.5) is 0 Å². The molecule has 1 aromatic heterocycles. The molecule has 1 N–H and O–H groups in total. The van der Waals surface area contributed by atoms with Crippen LogP contribution in [-0.4, -0.2) is 37.0 Å². The van der Waals surface area contributed by atoms with Crippen LogP contribution in [0.5, 0.6) is 0 Å². The average Bonchev–Trinajstić information content (AvgIpc) is 3.08. The zero-order valence-corrected chi connectivity index (χ0v) is 15.1. The molecule has 0 bridgehead atoms. The van der Waals surface area contributed by atoms with Crippen LogP contribution >= 0.6 is 11.3 Å². The fourth-order valence-corrected chi connectivity index (χ4v) is 3.93. The van der Waals surface area contributed by atoms with Crippen LogP contribution < -0.4 is 5.32 Å². The van der Waals surface area contributed by atoms with Gasteiger partial charge in [-0.25, -0.2) is 0 Å². The smallest absolute Gasteiger partial charge is 0.251 e. The lowest BCUT2D eigenvalue weighted by molar-refractivity contribution is 0.0932. The quantitative estimate of drug-likeness (QED) is 0.876. The maximum Gasteiger partial charge on any atom is 0.251 e. The average molecular weight is 344 g/mol. The first-order chi connectivity index (χ1) is 11.7. The Labute approximate surface area is 147 Å². The van der Waals surface area contributed by atoms with Crippen LogP contribution in [-0.2, 0) is 24.3 Å². The number of hydrogen-bond donors (Lipinski definition) is 1. The van der Waals surface area contributed by atoms with E-state index in [9.17, 15) is 4.79 Å². The maximum absolute atomic E-state index is 12.3. The van der Waals surface area contributed by atoms with Crippen molar-refractivity contribution in [2.45, 2.75) is 32.5 Å². The van der Waals surface area contributed by atoms with E-state index in [-0.39, 0.29) is 5.91 Å². The predicted molar refractivity (Wildman–Crippen MR) is 97.4 cm³/mol. The van der Waals surface area contributed by atoms with E-state index in [0.29, 0.717) is 24.8 Å². The number of carbonyl (C=O) groups is 1. The molecule has 1 atom stereocenters. The van der Waals surface area contributed by atoms with Crippen LogP contribution in [0.15, 0.2) is 35.7 Å². The molecule has 24 heavy (non-hydrogen) atoms. The fourth-order valence-electron chi connectivity index (χ4n) is 3.04. The lowest BCUT2D eigenvalue weighted by Gasteiger charge is -2.32. The van der Waals surface area contributed by atoms with Gasteiger partial charge in [-0.2, -0.15) is 0 Å². The molecule has 0 aliphatic carbocycles. The summed E-state index contributed by atoms with van der Waals surface area (Å²) in [7, 11) is 1.67. The number of fused-ring (bicyclic) bond motifs is 1. The van der Waals surface area contributed by atoms with Crippen LogP contribution in [0.2, 0.25) is 0 Å². The van der Waals surface area contributed by atoms with E-state index in [1.54, 1.807) is 7.11 Å². The van der Waals surface area contributed by atoms with Crippen LogP contribution in [0, 0.1) is 0 Å². The Balaban J connectivity index is 1.50. The molecule has 5 heteroatoms. The highest BCUT2D eigenvalue weighted by Crippen LogP contribution is 2.24. The second-order valence-electron chi connectivity index (χ2n) is 6.28. The lowest BCUT2D eigenvalue weighted by Crippen LogP contribution is -2.44. The molecule has 4 nitrogen and oxygen atoms in total. The minimum atomic E-state index is -0.0148. The number of carbonyl (C=O) groups excluding carboxylic acids is 1. The van der Waals surface area contributed by atoms with Gasteiger partial charge in [-0.1, -0.05) is 12.1 Å². The Bertz CT molecular complexity index is 681. The molecular weight excluding hydrogens is 320 g/mol. The van der Waals surface area contributed by atoms with E-state index >= 15 is 0 Å². The standard InChI is InChI=1S/C19H24N2O2S/c1-14(21-9-7-18-17(12-21)8-10-24-18)11-20-19(22)16-5-3-15(4-6-16)13-23-2/h3-6,8,10,14H,7,9,11-13H2,1-2H3,(H,20,22). The Hall–Kier alpha value is -1.69. The molecule has 128 valence electrons. The molecular formula is C19H24N2O2S. The van der Waals surface area contributed by atoms with Crippen molar-refractivity contribution in [2.75, 3.05) is 20.2 Å². The SMILES string of the molecule is COCc1ccc(C(=O)NCC(C)N2CCc3sccc3C2)cc1. The van der Waals surface area contributed by atoms with Crippen molar-refractivity contribution < 1.29 is 9.53 Å². The number of hydrogen-bond acceptors (Lipinski definition) is 4. The summed E-state index contributed by atoms with van der Waals surface area (Å²) in [6.07, 6.45) is 1.12. The molecule has 1 aromatic carbocycles. The van der Waals surface area contributed by atoms with Gasteiger partial charge in [0, 0.05) is 43.2 Å². The Kier molecular flexibility index (Phi) is 5.66. The van der Waals surface area contributed by atoms with Gasteiger partial charge in [-0.15, -0.1) is 11.3 Å². The summed E-state index contributed by atoms with van der Waals surface area (Å²) >= 11 is 1.85. The summed E-state index contributed by atoms with van der Waals surface area (Å²) < 4.78 is 5.09. The number of amides is 1. The molecule has 0 saturated carbocycles. The van der Waals surface area contributed by atoms with Crippen LogP contribution in [0.3, 0.4) is 0 Å². The molecule has 0 radical (unpaired) electrons. The van der Waals surface area contributed by atoms with Gasteiger partial charge in [0.05, 0.1) is 6.61 Å². The van der Waals surface area contributed by atoms with Crippen molar-refractivity contribution in [2.24, 2.45) is 0 Å². The van der Waals surface area contributed by atoms with Crippen molar-refractivity contribution in [3.8, 4) is 0 Å². The minimum absolute atomic E-state index is 0.0148. The Morgan fingerprint density at radius 3 is 2.88 bits per heavy atom. The summed E-state index contributed by atoms with van der Waals surface area (Å²) in [6, 6.07) is 10.1. The van der Waals surface area contributed by atoms with Crippen LogP contribution in [0.1, 0.15) is 33.3 Å². The molecule has 3 rings (SSSR count). The summed E-state index contributed by atoms with van der Waals surface area (Å²) in [5.74, 6) is -0.0148. The van der Waals surface area contributed by atoms with E-state index in [0.717, 1.165) is 25.1 Å². The van der Waals surface area contributed by atoms with Gasteiger partial charge in [-0.05, 0) is 48.1 Å². The number of nitrogens with zero attached hydrogens (tertiary/aromatic N) is 1. The van der Waals surface area contributed by atoms with Gasteiger partial charge in [-0.3, -0.25) is 9.69 Å². The van der Waals surface area contributed by atoms with Gasteiger partial charge >= 0.3 is 0 Å². The number of rotatable bonds is 6. The highest BCUT2D eigenvalue weighted by atomic mass is 32.1. The number of benzene rings is 1. The summed E-state index contributed by atoms with van der Waals surface area (Å²) in [5.41, 5.74) is 3.21. The van der Waals surface area contributed by atoms with Crippen molar-refractivity contribution in [1.29, 1.82) is 0 Å². The van der Waals surface area contributed by atoms with Crippen molar-refractivity contribution in [3.63, 3.8) is 0 Å². The molecule has 1 unspecified atom stereocenters. The van der Waals surface area contributed by atoms with Gasteiger partial charge in [0.2, 0.25) is 0 Å².